The Morgan fingerprint density at radius 2 is 1.68 bits per heavy atom. The highest BCUT2D eigenvalue weighted by Crippen LogP contribution is 2.38. The van der Waals surface area contributed by atoms with Crippen molar-refractivity contribution >= 4 is 23.6 Å². The summed E-state index contributed by atoms with van der Waals surface area (Å²) in [5.74, 6) is -0.461. The van der Waals surface area contributed by atoms with E-state index < -0.39 is 18.1 Å². The maximum Gasteiger partial charge on any atom is 0.326 e. The number of fused-ring (bicyclic) bond motifs is 1. The minimum atomic E-state index is -1.60. The molecule has 2 unspecified atom stereocenters. The second-order valence-corrected chi connectivity index (χ2v) is 15.8. The number of urea groups is 1. The van der Waals surface area contributed by atoms with E-state index in [0.29, 0.717) is 45.8 Å². The molecule has 5 aromatic rings. The number of aliphatic carboxylic acids is 1. The Bertz CT molecular complexity index is 2430. The summed E-state index contributed by atoms with van der Waals surface area (Å²) in [7, 11) is 0. The number of aromatic nitrogens is 1. The van der Waals surface area contributed by atoms with Crippen molar-refractivity contribution < 1.29 is 29.3 Å². The van der Waals surface area contributed by atoms with Gasteiger partial charge >= 0.3 is 12.0 Å². The van der Waals surface area contributed by atoms with Gasteiger partial charge in [-0.1, -0.05) is 60.1 Å². The van der Waals surface area contributed by atoms with Gasteiger partial charge in [-0.3, -0.25) is 15.1 Å². The molecular formula is C46H47ClN6O6. The van der Waals surface area contributed by atoms with Crippen molar-refractivity contribution in [1.82, 2.24) is 26.3 Å². The van der Waals surface area contributed by atoms with Gasteiger partial charge in [0.25, 0.3) is 0 Å². The van der Waals surface area contributed by atoms with Gasteiger partial charge in [0.05, 0.1) is 23.2 Å². The first kappa shape index (κ1) is 41.2. The molecule has 4 aromatic carbocycles. The smallest absolute Gasteiger partial charge is 0.326 e. The van der Waals surface area contributed by atoms with E-state index in [2.05, 4.69) is 88.6 Å². The molecule has 59 heavy (non-hydrogen) atoms. The highest BCUT2D eigenvalue weighted by atomic mass is 35.5. The molecule has 1 fully saturated rings. The van der Waals surface area contributed by atoms with Crippen LogP contribution in [0.3, 0.4) is 0 Å². The molecule has 2 aliphatic rings. The van der Waals surface area contributed by atoms with E-state index in [0.717, 1.165) is 69.5 Å². The first-order chi connectivity index (χ1) is 28.5. The van der Waals surface area contributed by atoms with Crippen LogP contribution in [0.25, 0.3) is 22.3 Å². The Morgan fingerprint density at radius 1 is 0.932 bits per heavy atom. The van der Waals surface area contributed by atoms with Crippen LogP contribution in [0, 0.1) is 25.2 Å². The molecule has 0 saturated heterocycles. The van der Waals surface area contributed by atoms with Gasteiger partial charge in [0.2, 0.25) is 0 Å². The Hall–Kier alpha value is -5.97. The number of aliphatic hydroxyl groups is 1. The van der Waals surface area contributed by atoms with Crippen LogP contribution in [0.5, 0.6) is 11.5 Å². The number of hydrogen-bond donors (Lipinski definition) is 6. The predicted molar refractivity (Wildman–Crippen MR) is 225 cm³/mol. The third-order valence-corrected chi connectivity index (χ3v) is 11.4. The summed E-state index contributed by atoms with van der Waals surface area (Å²) < 4.78 is 12.6. The zero-order valence-electron chi connectivity index (χ0n) is 33.2. The standard InChI is InChI=1S/C46H47ClN6O6/c1-27-32(25-59-43-17-42(58-24-30-14-29(18-48)19-49-20-30)34(16-40(43)47)22-51-46(3,26-54)44(55)56)6-4-8-37(27)38-9-5-7-36(28(38)2)31-10-13-39-33(15-31)21-50-23-41(39)53-45(57)52-35-11-12-35/h4-10,13-17,19-20,35,41,50-51,54H,11-12,21-26H2,1-3H3,(H,55,56)(H2,52,53,57). The molecule has 2 atom stereocenters. The number of pyridine rings is 1. The summed E-state index contributed by atoms with van der Waals surface area (Å²) >= 11 is 6.78. The summed E-state index contributed by atoms with van der Waals surface area (Å²) in [4.78, 5) is 28.5. The Morgan fingerprint density at radius 3 is 2.42 bits per heavy atom. The van der Waals surface area contributed by atoms with Gasteiger partial charge in [0.15, 0.2) is 0 Å². The topological polar surface area (TPSA) is 178 Å². The van der Waals surface area contributed by atoms with Crippen LogP contribution < -0.4 is 30.7 Å². The van der Waals surface area contributed by atoms with Crippen LogP contribution in [-0.2, 0) is 31.1 Å². The van der Waals surface area contributed by atoms with Crippen molar-refractivity contribution in [3.05, 3.63) is 135 Å². The van der Waals surface area contributed by atoms with E-state index in [4.69, 9.17) is 21.1 Å². The number of nitriles is 1. The summed E-state index contributed by atoms with van der Waals surface area (Å²) in [6.45, 7) is 6.68. The molecule has 1 saturated carbocycles. The summed E-state index contributed by atoms with van der Waals surface area (Å²) in [5.41, 5.74) is 9.85. The first-order valence-electron chi connectivity index (χ1n) is 19.6. The van der Waals surface area contributed by atoms with E-state index in [1.807, 2.05) is 12.1 Å². The summed E-state index contributed by atoms with van der Waals surface area (Å²) in [6.07, 6.45) is 5.15. The number of rotatable bonds is 15. The summed E-state index contributed by atoms with van der Waals surface area (Å²) in [6, 6.07) is 26.1. The minimum absolute atomic E-state index is 0.0217. The third kappa shape index (κ3) is 9.51. The second-order valence-electron chi connectivity index (χ2n) is 15.4. The molecule has 12 nitrogen and oxygen atoms in total. The van der Waals surface area contributed by atoms with Crippen LogP contribution in [-0.4, -0.2) is 51.9 Å². The van der Waals surface area contributed by atoms with Gasteiger partial charge in [0.1, 0.15) is 36.3 Å². The normalized spacial score (nSPS) is 15.6. The Balaban J connectivity index is 1.11. The Kier molecular flexibility index (Phi) is 12.5. The zero-order chi connectivity index (χ0) is 41.7. The molecule has 13 heteroatoms. The number of ether oxygens (including phenoxy) is 2. The van der Waals surface area contributed by atoms with Crippen LogP contribution in [0.1, 0.15) is 70.3 Å². The van der Waals surface area contributed by atoms with Crippen molar-refractivity contribution in [2.75, 3.05) is 13.2 Å². The summed E-state index contributed by atoms with van der Waals surface area (Å²) in [5, 5.41) is 41.6. The molecule has 6 N–H and O–H groups in total. The lowest BCUT2D eigenvalue weighted by atomic mass is 9.87. The molecule has 2 heterocycles. The average Bonchev–Trinajstić information content (AvgIpc) is 4.06. The van der Waals surface area contributed by atoms with Gasteiger partial charge in [-0.2, -0.15) is 5.26 Å². The van der Waals surface area contributed by atoms with E-state index in [-0.39, 0.29) is 31.8 Å². The van der Waals surface area contributed by atoms with Crippen molar-refractivity contribution in [2.45, 2.75) is 77.5 Å². The van der Waals surface area contributed by atoms with Crippen molar-refractivity contribution in [1.29, 1.82) is 5.26 Å². The fourth-order valence-corrected chi connectivity index (χ4v) is 7.47. The van der Waals surface area contributed by atoms with E-state index in [1.54, 1.807) is 24.4 Å². The van der Waals surface area contributed by atoms with Crippen LogP contribution >= 0.6 is 11.6 Å². The van der Waals surface area contributed by atoms with Gasteiger partial charge in [-0.25, -0.2) is 4.79 Å². The van der Waals surface area contributed by atoms with Gasteiger partial charge in [-0.15, -0.1) is 0 Å². The molecule has 0 radical (unpaired) electrons. The lowest BCUT2D eigenvalue weighted by Crippen LogP contribution is -2.52. The van der Waals surface area contributed by atoms with Crippen molar-refractivity contribution in [3.63, 3.8) is 0 Å². The molecule has 7 rings (SSSR count). The molecule has 0 spiro atoms. The third-order valence-electron chi connectivity index (χ3n) is 11.1. The molecule has 1 aliphatic heterocycles. The molecule has 304 valence electrons. The number of carbonyl (C=O) groups excluding carboxylic acids is 1. The second kappa shape index (κ2) is 17.9. The molecule has 1 aliphatic carbocycles. The van der Waals surface area contributed by atoms with E-state index in [1.165, 1.54) is 13.1 Å². The quantitative estimate of drug-likeness (QED) is 0.0631. The highest BCUT2D eigenvalue weighted by Gasteiger charge is 2.32. The van der Waals surface area contributed by atoms with Crippen LogP contribution in [0.4, 0.5) is 4.79 Å². The minimum Gasteiger partial charge on any atom is -0.488 e. The number of carbonyl (C=O) groups is 2. The molecular weight excluding hydrogens is 768 g/mol. The fourth-order valence-electron chi connectivity index (χ4n) is 7.23. The molecule has 1 aromatic heterocycles. The number of carboxylic acid groups (broad SMARTS) is 1. The maximum absolute atomic E-state index is 12.5. The zero-order valence-corrected chi connectivity index (χ0v) is 34.0. The molecule has 2 amide bonds. The number of nitrogens with one attached hydrogen (secondary N) is 4. The van der Waals surface area contributed by atoms with Crippen molar-refractivity contribution in [3.8, 4) is 39.8 Å². The number of amides is 2. The largest absolute Gasteiger partial charge is 0.488 e. The number of hydrogen-bond acceptors (Lipinski definition) is 9. The number of halogens is 1. The maximum atomic E-state index is 12.5. The highest BCUT2D eigenvalue weighted by molar-refractivity contribution is 6.32. The molecule has 0 bridgehead atoms. The number of aliphatic hydroxyl groups excluding tert-OH is 1. The van der Waals surface area contributed by atoms with Gasteiger partial charge in [0, 0.05) is 55.3 Å². The Labute approximate surface area is 348 Å². The van der Waals surface area contributed by atoms with Crippen molar-refractivity contribution in [2.24, 2.45) is 0 Å². The SMILES string of the molecule is Cc1c(COc2cc(OCc3cncc(C#N)c3)c(CNC(C)(CO)C(=O)O)cc2Cl)cccc1-c1cccc(-c2ccc3c(c2)CNCC3NC(=O)NC2CC2)c1C. The lowest BCUT2D eigenvalue weighted by Gasteiger charge is -2.28. The van der Waals surface area contributed by atoms with Crippen LogP contribution in [0.2, 0.25) is 5.02 Å². The predicted octanol–water partition coefficient (Wildman–Crippen LogP) is 7.25. The lowest BCUT2D eigenvalue weighted by molar-refractivity contribution is -0.145. The van der Waals surface area contributed by atoms with E-state index in [9.17, 15) is 25.1 Å². The number of benzene rings is 4. The van der Waals surface area contributed by atoms with E-state index >= 15 is 0 Å². The monoisotopic (exact) mass is 814 g/mol. The van der Waals surface area contributed by atoms with Crippen LogP contribution in [0.15, 0.2) is 85.2 Å². The average molecular weight is 815 g/mol. The fraction of sp³-hybridized carbons (Fsp3) is 0.304. The number of carboxylic acids is 1. The number of nitrogens with zero attached hydrogens (tertiary/aromatic N) is 2. The van der Waals surface area contributed by atoms with Gasteiger partial charge in [-0.05, 0) is 102 Å². The van der Waals surface area contributed by atoms with Gasteiger partial charge < -0.3 is 35.6 Å². The first-order valence-corrected chi connectivity index (χ1v) is 19.9.